The molecule has 3 rings (SSSR count). The predicted molar refractivity (Wildman–Crippen MR) is 113 cm³/mol. The van der Waals surface area contributed by atoms with Gasteiger partial charge in [0.1, 0.15) is 11.9 Å². The SMILES string of the molecule is CCN(CC)CCN1C(=O)CC(c2ccccc2)Oc2ccc(C(F)(F)F)cc21.Cl. The molecule has 0 N–H and O–H groups in total. The Hall–Kier alpha value is -2.25. The zero-order valence-corrected chi connectivity index (χ0v) is 17.8. The maximum Gasteiger partial charge on any atom is 0.416 e. The van der Waals surface area contributed by atoms with E-state index in [4.69, 9.17) is 4.74 Å². The minimum atomic E-state index is -4.49. The van der Waals surface area contributed by atoms with Crippen molar-refractivity contribution >= 4 is 24.0 Å². The Balaban J connectivity index is 0.00000320. The monoisotopic (exact) mass is 442 g/mol. The molecule has 0 radical (unpaired) electrons. The smallest absolute Gasteiger partial charge is 0.416 e. The summed E-state index contributed by atoms with van der Waals surface area (Å²) in [6.07, 6.45) is -4.97. The van der Waals surface area contributed by atoms with Crippen molar-refractivity contribution in [2.45, 2.75) is 32.5 Å². The molecule has 1 unspecified atom stereocenters. The van der Waals surface area contributed by atoms with E-state index in [0.717, 1.165) is 30.8 Å². The third-order valence-electron chi connectivity index (χ3n) is 5.21. The second-order valence-corrected chi connectivity index (χ2v) is 6.97. The molecule has 2 aromatic rings. The molecule has 164 valence electrons. The average Bonchev–Trinajstić information content (AvgIpc) is 2.84. The summed E-state index contributed by atoms with van der Waals surface area (Å²) in [5.41, 5.74) is 0.200. The molecule has 1 amide bonds. The van der Waals surface area contributed by atoms with Crippen LogP contribution in [0.2, 0.25) is 0 Å². The summed E-state index contributed by atoms with van der Waals surface area (Å²) in [6.45, 7) is 6.51. The topological polar surface area (TPSA) is 32.8 Å². The molecule has 30 heavy (non-hydrogen) atoms. The molecule has 0 aliphatic carbocycles. The van der Waals surface area contributed by atoms with Crippen molar-refractivity contribution in [1.82, 2.24) is 4.90 Å². The van der Waals surface area contributed by atoms with Crippen LogP contribution in [0.15, 0.2) is 48.5 Å². The van der Waals surface area contributed by atoms with E-state index in [2.05, 4.69) is 4.90 Å². The van der Waals surface area contributed by atoms with Crippen LogP contribution in [-0.2, 0) is 11.0 Å². The van der Waals surface area contributed by atoms with Gasteiger partial charge in [0.05, 0.1) is 17.7 Å². The lowest BCUT2D eigenvalue weighted by Crippen LogP contribution is -2.38. The highest BCUT2D eigenvalue weighted by atomic mass is 35.5. The Morgan fingerprint density at radius 2 is 1.77 bits per heavy atom. The molecule has 0 spiro atoms. The molecule has 0 aromatic heterocycles. The van der Waals surface area contributed by atoms with Gasteiger partial charge in [0, 0.05) is 13.1 Å². The van der Waals surface area contributed by atoms with E-state index in [0.29, 0.717) is 13.1 Å². The highest BCUT2D eigenvalue weighted by molar-refractivity contribution is 5.96. The molecule has 0 saturated heterocycles. The number of benzene rings is 2. The number of fused-ring (bicyclic) bond motifs is 1. The number of carbonyl (C=O) groups is 1. The van der Waals surface area contributed by atoms with E-state index in [1.165, 1.54) is 11.0 Å². The predicted octanol–water partition coefficient (Wildman–Crippen LogP) is 5.33. The lowest BCUT2D eigenvalue weighted by Gasteiger charge is -2.26. The Labute approximate surface area is 181 Å². The molecule has 0 bridgehead atoms. The van der Waals surface area contributed by atoms with Gasteiger partial charge in [0.25, 0.3) is 0 Å². The molecule has 1 aliphatic rings. The second kappa shape index (κ2) is 10.2. The third-order valence-corrected chi connectivity index (χ3v) is 5.21. The van der Waals surface area contributed by atoms with E-state index >= 15 is 0 Å². The first-order valence-electron chi connectivity index (χ1n) is 9.79. The number of likely N-dealkylation sites (N-methyl/N-ethyl adjacent to an activating group) is 1. The lowest BCUT2D eigenvalue weighted by atomic mass is 10.1. The van der Waals surface area contributed by atoms with E-state index < -0.39 is 17.8 Å². The number of alkyl halides is 3. The van der Waals surface area contributed by atoms with Crippen LogP contribution in [0.3, 0.4) is 0 Å². The van der Waals surface area contributed by atoms with Crippen LogP contribution in [0.25, 0.3) is 0 Å². The van der Waals surface area contributed by atoms with Crippen LogP contribution in [-0.4, -0.2) is 37.0 Å². The van der Waals surface area contributed by atoms with Gasteiger partial charge in [-0.05, 0) is 36.9 Å². The maximum absolute atomic E-state index is 13.3. The molecular weight excluding hydrogens is 417 g/mol. The maximum atomic E-state index is 13.3. The minimum Gasteiger partial charge on any atom is -0.483 e. The van der Waals surface area contributed by atoms with Gasteiger partial charge in [-0.15, -0.1) is 12.4 Å². The molecule has 0 fully saturated rings. The number of ether oxygens (including phenoxy) is 1. The fourth-order valence-electron chi connectivity index (χ4n) is 3.48. The van der Waals surface area contributed by atoms with Crippen LogP contribution in [0, 0.1) is 0 Å². The highest BCUT2D eigenvalue weighted by Gasteiger charge is 2.35. The molecule has 4 nitrogen and oxygen atoms in total. The normalized spacial score (nSPS) is 16.5. The van der Waals surface area contributed by atoms with Crippen LogP contribution in [0.5, 0.6) is 5.75 Å². The van der Waals surface area contributed by atoms with Gasteiger partial charge in [0.2, 0.25) is 5.91 Å². The summed E-state index contributed by atoms with van der Waals surface area (Å²) >= 11 is 0. The summed E-state index contributed by atoms with van der Waals surface area (Å²) < 4.78 is 45.9. The zero-order chi connectivity index (χ0) is 21.0. The van der Waals surface area contributed by atoms with Crippen LogP contribution in [0.4, 0.5) is 18.9 Å². The largest absolute Gasteiger partial charge is 0.483 e. The first-order valence-corrected chi connectivity index (χ1v) is 9.79. The molecule has 1 atom stereocenters. The molecule has 2 aromatic carbocycles. The number of carbonyl (C=O) groups excluding carboxylic acids is 1. The quantitative estimate of drug-likeness (QED) is 0.606. The number of rotatable bonds is 6. The minimum absolute atomic E-state index is 0. The number of hydrogen-bond acceptors (Lipinski definition) is 3. The van der Waals surface area contributed by atoms with Crippen molar-refractivity contribution in [2.75, 3.05) is 31.1 Å². The van der Waals surface area contributed by atoms with Crippen molar-refractivity contribution in [3.8, 4) is 5.75 Å². The number of hydrogen-bond donors (Lipinski definition) is 0. The second-order valence-electron chi connectivity index (χ2n) is 6.97. The molecule has 8 heteroatoms. The van der Waals surface area contributed by atoms with Crippen molar-refractivity contribution < 1.29 is 22.7 Å². The summed E-state index contributed by atoms with van der Waals surface area (Å²) in [7, 11) is 0. The number of anilines is 1. The molecular formula is C22H26ClF3N2O2. The summed E-state index contributed by atoms with van der Waals surface area (Å²) in [5, 5.41) is 0. The van der Waals surface area contributed by atoms with E-state index in [-0.39, 0.29) is 36.2 Å². The molecule has 0 saturated carbocycles. The molecule has 1 heterocycles. The lowest BCUT2D eigenvalue weighted by molar-refractivity contribution is -0.137. The summed E-state index contributed by atoms with van der Waals surface area (Å²) in [5.74, 6) is 0.0429. The standard InChI is InChI=1S/C22H25F3N2O2.ClH/c1-3-26(4-2)12-13-27-18-14-17(22(23,24)25)10-11-19(18)29-20(15-21(27)28)16-8-6-5-7-9-16;/h5-11,14,20H,3-4,12-13,15H2,1-2H3;1H. The fourth-order valence-corrected chi connectivity index (χ4v) is 3.48. The number of nitrogens with zero attached hydrogens (tertiary/aromatic N) is 2. The van der Waals surface area contributed by atoms with Gasteiger partial charge in [0.15, 0.2) is 0 Å². The van der Waals surface area contributed by atoms with E-state index in [9.17, 15) is 18.0 Å². The first kappa shape index (κ1) is 24.0. The first-order chi connectivity index (χ1) is 13.8. The van der Waals surface area contributed by atoms with Gasteiger partial charge < -0.3 is 14.5 Å². The van der Waals surface area contributed by atoms with Gasteiger partial charge in [-0.25, -0.2) is 0 Å². The van der Waals surface area contributed by atoms with E-state index in [1.807, 2.05) is 44.2 Å². The Morgan fingerprint density at radius 3 is 2.37 bits per heavy atom. The highest BCUT2D eigenvalue weighted by Crippen LogP contribution is 2.41. The van der Waals surface area contributed by atoms with Crippen molar-refractivity contribution in [2.24, 2.45) is 0 Å². The van der Waals surface area contributed by atoms with Crippen molar-refractivity contribution in [3.63, 3.8) is 0 Å². The van der Waals surface area contributed by atoms with Crippen LogP contribution < -0.4 is 9.64 Å². The summed E-state index contributed by atoms with van der Waals surface area (Å²) in [4.78, 5) is 16.6. The van der Waals surface area contributed by atoms with Gasteiger partial charge in [-0.3, -0.25) is 4.79 Å². The Bertz CT molecular complexity index is 842. The Kier molecular flexibility index (Phi) is 8.15. The zero-order valence-electron chi connectivity index (χ0n) is 17.0. The van der Waals surface area contributed by atoms with Gasteiger partial charge >= 0.3 is 6.18 Å². The van der Waals surface area contributed by atoms with Gasteiger partial charge in [-0.2, -0.15) is 13.2 Å². The number of amides is 1. The fraction of sp³-hybridized carbons (Fsp3) is 0.409. The van der Waals surface area contributed by atoms with E-state index in [1.54, 1.807) is 0 Å². The van der Waals surface area contributed by atoms with Gasteiger partial charge in [-0.1, -0.05) is 44.2 Å². The Morgan fingerprint density at radius 1 is 1.10 bits per heavy atom. The average molecular weight is 443 g/mol. The number of halogens is 4. The van der Waals surface area contributed by atoms with Crippen molar-refractivity contribution in [1.29, 1.82) is 0 Å². The van der Waals surface area contributed by atoms with Crippen molar-refractivity contribution in [3.05, 3.63) is 59.7 Å². The van der Waals surface area contributed by atoms with Crippen LogP contribution >= 0.6 is 12.4 Å². The third kappa shape index (κ3) is 5.46. The molecule has 1 aliphatic heterocycles. The summed E-state index contributed by atoms with van der Waals surface area (Å²) in [6, 6.07) is 12.6. The van der Waals surface area contributed by atoms with Crippen LogP contribution in [0.1, 0.15) is 37.5 Å².